The summed E-state index contributed by atoms with van der Waals surface area (Å²) >= 11 is 1.67. The Morgan fingerprint density at radius 1 is 1.22 bits per heavy atom. The average molecular weight is 259 g/mol. The van der Waals surface area contributed by atoms with Gasteiger partial charge < -0.3 is 4.52 Å². The number of fused-ring (bicyclic) bond motifs is 1. The van der Waals surface area contributed by atoms with Crippen molar-refractivity contribution >= 4 is 21.6 Å². The highest BCUT2D eigenvalue weighted by molar-refractivity contribution is 7.17. The molecule has 0 saturated carbocycles. The van der Waals surface area contributed by atoms with Gasteiger partial charge in [0.2, 0.25) is 0 Å². The molecule has 3 heteroatoms. The molecule has 2 aromatic heterocycles. The summed E-state index contributed by atoms with van der Waals surface area (Å²) in [7, 11) is 0. The van der Waals surface area contributed by atoms with Crippen LogP contribution in [0.5, 0.6) is 0 Å². The van der Waals surface area contributed by atoms with E-state index in [0.29, 0.717) is 0 Å². The molecule has 0 N–H and O–H groups in total. The van der Waals surface area contributed by atoms with E-state index >= 15 is 0 Å². The summed E-state index contributed by atoms with van der Waals surface area (Å²) in [6.07, 6.45) is 1.04. The first kappa shape index (κ1) is 12.8. The van der Waals surface area contributed by atoms with E-state index in [1.807, 2.05) is 25.3 Å². The maximum atomic E-state index is 5.28. The van der Waals surface area contributed by atoms with Crippen LogP contribution in [0.4, 0.5) is 0 Å². The molecule has 0 spiro atoms. The Morgan fingerprint density at radius 3 is 2.83 bits per heavy atom. The van der Waals surface area contributed by atoms with Crippen LogP contribution in [0.3, 0.4) is 0 Å². The van der Waals surface area contributed by atoms with E-state index in [-0.39, 0.29) is 0 Å². The number of hydrogen-bond acceptors (Lipinski definition) is 3. The summed E-state index contributed by atoms with van der Waals surface area (Å²) in [5.74, 6) is 0. The molecule has 0 aliphatic carbocycles. The van der Waals surface area contributed by atoms with E-state index in [2.05, 4.69) is 36.3 Å². The summed E-state index contributed by atoms with van der Waals surface area (Å²) in [5, 5.41) is 6.17. The molecular formula is C15H17NOS. The fourth-order valence-electron chi connectivity index (χ4n) is 1.80. The number of aryl methyl sites for hydroxylation is 1. The molecule has 0 bridgehead atoms. The van der Waals surface area contributed by atoms with Gasteiger partial charge in [0, 0.05) is 5.56 Å². The molecular weight excluding hydrogens is 242 g/mol. The molecule has 0 saturated heterocycles. The number of aromatic nitrogens is 1. The van der Waals surface area contributed by atoms with Gasteiger partial charge in [0.05, 0.1) is 0 Å². The highest BCUT2D eigenvalue weighted by Crippen LogP contribution is 2.32. The number of nitrogens with zero attached hydrogens (tertiary/aromatic N) is 1. The van der Waals surface area contributed by atoms with E-state index in [0.717, 1.165) is 28.0 Å². The zero-order valence-corrected chi connectivity index (χ0v) is 11.8. The lowest BCUT2D eigenvalue weighted by atomic mass is 10.1. The van der Waals surface area contributed by atoms with Gasteiger partial charge in [-0.1, -0.05) is 44.1 Å². The van der Waals surface area contributed by atoms with Crippen LogP contribution in [0.1, 0.15) is 26.3 Å². The van der Waals surface area contributed by atoms with Crippen molar-refractivity contribution in [3.8, 4) is 11.3 Å². The first-order valence-electron chi connectivity index (χ1n) is 6.30. The van der Waals surface area contributed by atoms with E-state index in [9.17, 15) is 0 Å². The molecule has 0 amide bonds. The molecule has 3 aromatic rings. The van der Waals surface area contributed by atoms with Crippen LogP contribution < -0.4 is 0 Å². The second-order valence-corrected chi connectivity index (χ2v) is 4.62. The van der Waals surface area contributed by atoms with Crippen LogP contribution in [-0.4, -0.2) is 5.16 Å². The molecule has 0 atom stereocenters. The number of rotatable bonds is 2. The molecule has 1 aromatic carbocycles. The molecule has 18 heavy (non-hydrogen) atoms. The van der Waals surface area contributed by atoms with Crippen molar-refractivity contribution in [3.05, 3.63) is 41.3 Å². The van der Waals surface area contributed by atoms with E-state index in [4.69, 9.17) is 4.52 Å². The van der Waals surface area contributed by atoms with Crippen molar-refractivity contribution in [2.75, 3.05) is 0 Å². The lowest BCUT2D eigenvalue weighted by Gasteiger charge is -1.99. The van der Waals surface area contributed by atoms with Gasteiger partial charge in [-0.25, -0.2) is 0 Å². The average Bonchev–Trinajstić information content (AvgIpc) is 3.03. The molecule has 0 fully saturated rings. The van der Waals surface area contributed by atoms with Crippen molar-refractivity contribution in [1.29, 1.82) is 0 Å². The maximum Gasteiger partial charge on any atom is 0.178 e. The minimum Gasteiger partial charge on any atom is -0.355 e. The van der Waals surface area contributed by atoms with Crippen LogP contribution in [0.2, 0.25) is 0 Å². The van der Waals surface area contributed by atoms with E-state index in [1.165, 1.54) is 5.56 Å². The summed E-state index contributed by atoms with van der Waals surface area (Å²) in [6, 6.07) is 10.4. The van der Waals surface area contributed by atoms with E-state index in [1.54, 1.807) is 11.3 Å². The zero-order valence-electron chi connectivity index (χ0n) is 10.9. The second kappa shape index (κ2) is 5.83. The highest BCUT2D eigenvalue weighted by atomic mass is 32.1. The fourth-order valence-corrected chi connectivity index (χ4v) is 2.62. The third-order valence-electron chi connectivity index (χ3n) is 2.69. The number of benzene rings is 1. The highest BCUT2D eigenvalue weighted by Gasteiger charge is 2.11. The topological polar surface area (TPSA) is 26.0 Å². The van der Waals surface area contributed by atoms with Crippen molar-refractivity contribution in [2.45, 2.75) is 27.2 Å². The van der Waals surface area contributed by atoms with Crippen molar-refractivity contribution < 1.29 is 4.52 Å². The number of hydrogen-bond donors (Lipinski definition) is 0. The third-order valence-corrected chi connectivity index (χ3v) is 3.59. The largest absolute Gasteiger partial charge is 0.355 e. The SMILES string of the molecule is CC.CCc1cccc(-c2noc3ccsc23)c1. The molecule has 0 radical (unpaired) electrons. The van der Waals surface area contributed by atoms with Gasteiger partial charge in [-0.3, -0.25) is 0 Å². The minimum absolute atomic E-state index is 0.877. The summed E-state index contributed by atoms with van der Waals surface area (Å²) < 4.78 is 6.41. The second-order valence-electron chi connectivity index (χ2n) is 3.70. The van der Waals surface area contributed by atoms with Gasteiger partial charge in [-0.2, -0.15) is 0 Å². The van der Waals surface area contributed by atoms with Gasteiger partial charge in [0.1, 0.15) is 10.4 Å². The van der Waals surface area contributed by atoms with Crippen molar-refractivity contribution in [2.24, 2.45) is 0 Å². The van der Waals surface area contributed by atoms with Crippen LogP contribution >= 0.6 is 11.3 Å². The summed E-state index contributed by atoms with van der Waals surface area (Å²) in [6.45, 7) is 6.16. The lowest BCUT2D eigenvalue weighted by molar-refractivity contribution is 0.459. The van der Waals surface area contributed by atoms with Gasteiger partial charge in [0.25, 0.3) is 0 Å². The van der Waals surface area contributed by atoms with Crippen molar-refractivity contribution in [3.63, 3.8) is 0 Å². The molecule has 0 aliphatic heterocycles. The zero-order chi connectivity index (χ0) is 13.0. The monoisotopic (exact) mass is 259 g/mol. The molecule has 0 unspecified atom stereocenters. The Morgan fingerprint density at radius 2 is 2.06 bits per heavy atom. The molecule has 94 valence electrons. The van der Waals surface area contributed by atoms with Crippen LogP contribution in [0, 0.1) is 0 Å². The van der Waals surface area contributed by atoms with Crippen molar-refractivity contribution in [1.82, 2.24) is 5.16 Å². The quantitative estimate of drug-likeness (QED) is 0.636. The van der Waals surface area contributed by atoms with Crippen LogP contribution in [0.25, 0.3) is 21.5 Å². The van der Waals surface area contributed by atoms with Gasteiger partial charge in [0.15, 0.2) is 5.58 Å². The first-order valence-corrected chi connectivity index (χ1v) is 7.18. The molecule has 2 nitrogen and oxygen atoms in total. The van der Waals surface area contributed by atoms with Gasteiger partial charge >= 0.3 is 0 Å². The predicted octanol–water partition coefficient (Wildman–Crippen LogP) is 5.14. The number of thiophene rings is 1. The first-order chi connectivity index (χ1) is 8.88. The normalized spacial score (nSPS) is 10.2. The smallest absolute Gasteiger partial charge is 0.178 e. The maximum absolute atomic E-state index is 5.28. The Hall–Kier alpha value is -1.61. The molecule has 3 rings (SSSR count). The lowest BCUT2D eigenvalue weighted by Crippen LogP contribution is -1.82. The van der Waals surface area contributed by atoms with Gasteiger partial charge in [-0.05, 0) is 29.5 Å². The molecule has 0 aliphatic rings. The Bertz CT molecular complexity index is 624. The Labute approximate surface area is 111 Å². The Balaban J connectivity index is 0.000000574. The summed E-state index contributed by atoms with van der Waals surface area (Å²) in [5.41, 5.74) is 4.30. The fraction of sp³-hybridized carbons (Fsp3) is 0.267. The summed E-state index contributed by atoms with van der Waals surface area (Å²) in [4.78, 5) is 0. The van der Waals surface area contributed by atoms with E-state index < -0.39 is 0 Å². The Kier molecular flexibility index (Phi) is 4.15. The molecule has 2 heterocycles. The standard InChI is InChI=1S/C13H11NOS.C2H6/c1-2-9-4-3-5-10(8-9)12-13-11(15-14-12)6-7-16-13;1-2/h3-8H,2H2,1H3;1-2H3. The predicted molar refractivity (Wildman–Crippen MR) is 78.0 cm³/mol. The third kappa shape index (κ3) is 2.31. The minimum atomic E-state index is 0.877. The van der Waals surface area contributed by atoms with Crippen LogP contribution in [0.15, 0.2) is 40.2 Å². The van der Waals surface area contributed by atoms with Gasteiger partial charge in [-0.15, -0.1) is 11.3 Å². The van der Waals surface area contributed by atoms with Crippen LogP contribution in [-0.2, 0) is 6.42 Å².